The zero-order chi connectivity index (χ0) is 16.3. The number of rotatable bonds is 5. The zero-order valence-corrected chi connectivity index (χ0v) is 15.1. The second-order valence-corrected chi connectivity index (χ2v) is 6.89. The summed E-state index contributed by atoms with van der Waals surface area (Å²) in [7, 11) is 0. The van der Waals surface area contributed by atoms with Gasteiger partial charge in [0, 0.05) is 6.54 Å². The number of thiocarbonyl (C=S) groups is 1. The van der Waals surface area contributed by atoms with Crippen LogP contribution in [0.1, 0.15) is 12.5 Å². The third-order valence-electron chi connectivity index (χ3n) is 2.83. The lowest BCUT2D eigenvalue weighted by molar-refractivity contribution is -0.121. The minimum Gasteiger partial charge on any atom is -0.503 e. The Morgan fingerprint density at radius 1 is 1.55 bits per heavy atom. The van der Waals surface area contributed by atoms with Crippen molar-refractivity contribution in [3.63, 3.8) is 0 Å². The van der Waals surface area contributed by atoms with Gasteiger partial charge < -0.3 is 9.84 Å². The van der Waals surface area contributed by atoms with Gasteiger partial charge in [-0.2, -0.15) is 0 Å². The normalized spacial score (nSPS) is 16.5. The van der Waals surface area contributed by atoms with Crippen molar-refractivity contribution in [2.24, 2.45) is 0 Å². The highest BCUT2D eigenvalue weighted by molar-refractivity contribution is 9.10. The van der Waals surface area contributed by atoms with Crippen LogP contribution < -0.4 is 4.74 Å². The van der Waals surface area contributed by atoms with Gasteiger partial charge in [0.05, 0.1) is 16.0 Å². The summed E-state index contributed by atoms with van der Waals surface area (Å²) < 4.78 is 6.40. The Morgan fingerprint density at radius 3 is 2.91 bits per heavy atom. The summed E-state index contributed by atoms with van der Waals surface area (Å²) in [6, 6.07) is 3.40. The highest BCUT2D eigenvalue weighted by Gasteiger charge is 2.31. The summed E-state index contributed by atoms with van der Waals surface area (Å²) in [6.45, 7) is 6.29. The summed E-state index contributed by atoms with van der Waals surface area (Å²) >= 11 is 9.72. The fraction of sp³-hybridized carbons (Fsp3) is 0.200. The fourth-order valence-corrected chi connectivity index (χ4v) is 3.62. The number of phenols is 1. The molecule has 0 aromatic heterocycles. The van der Waals surface area contributed by atoms with Gasteiger partial charge in [-0.3, -0.25) is 9.69 Å². The molecule has 1 N–H and O–H groups in total. The molecular formula is C15H14BrNO3S2. The zero-order valence-electron chi connectivity index (χ0n) is 11.8. The molecule has 1 heterocycles. The van der Waals surface area contributed by atoms with Crippen molar-refractivity contribution in [3.05, 3.63) is 39.7 Å². The van der Waals surface area contributed by atoms with E-state index < -0.39 is 0 Å². The molecule has 0 saturated carbocycles. The number of carbonyl (C=O) groups is 1. The number of amides is 1. The molecule has 1 aliphatic heterocycles. The Morgan fingerprint density at radius 2 is 2.27 bits per heavy atom. The van der Waals surface area contributed by atoms with Crippen LogP contribution >= 0.6 is 39.9 Å². The molecule has 0 aliphatic carbocycles. The number of aromatic hydroxyl groups is 1. The van der Waals surface area contributed by atoms with Gasteiger partial charge in [-0.25, -0.2) is 0 Å². The molecule has 1 amide bonds. The molecule has 0 unspecified atom stereocenters. The largest absolute Gasteiger partial charge is 0.503 e. The minimum atomic E-state index is -0.142. The maximum Gasteiger partial charge on any atom is 0.266 e. The molecule has 2 rings (SSSR count). The molecular weight excluding hydrogens is 386 g/mol. The average molecular weight is 400 g/mol. The minimum absolute atomic E-state index is 0.0400. The summed E-state index contributed by atoms with van der Waals surface area (Å²) in [5, 5.41) is 9.92. The first-order chi connectivity index (χ1) is 10.5. The number of halogens is 1. The molecule has 7 heteroatoms. The van der Waals surface area contributed by atoms with Crippen LogP contribution in [0.4, 0.5) is 0 Å². The first-order valence-electron chi connectivity index (χ1n) is 6.49. The number of thioether (sulfide) groups is 1. The average Bonchev–Trinajstić information content (AvgIpc) is 2.72. The van der Waals surface area contributed by atoms with Crippen LogP contribution in [0.2, 0.25) is 0 Å². The van der Waals surface area contributed by atoms with E-state index in [0.717, 1.165) is 5.56 Å². The van der Waals surface area contributed by atoms with Crippen LogP contribution in [0.5, 0.6) is 11.5 Å². The maximum atomic E-state index is 12.3. The van der Waals surface area contributed by atoms with Crippen molar-refractivity contribution < 1.29 is 14.6 Å². The Bertz CT molecular complexity index is 673. The summed E-state index contributed by atoms with van der Waals surface area (Å²) in [5.41, 5.74) is 0.743. The van der Waals surface area contributed by atoms with Crippen molar-refractivity contribution in [2.45, 2.75) is 6.92 Å². The van der Waals surface area contributed by atoms with Crippen LogP contribution in [0.3, 0.4) is 0 Å². The van der Waals surface area contributed by atoms with Crippen molar-refractivity contribution in [3.8, 4) is 11.5 Å². The van der Waals surface area contributed by atoms with Gasteiger partial charge in [0.1, 0.15) is 4.32 Å². The third-order valence-corrected chi connectivity index (χ3v) is 4.82. The molecule has 0 atom stereocenters. The number of ether oxygens (including phenoxy) is 1. The van der Waals surface area contributed by atoms with E-state index in [0.29, 0.717) is 32.6 Å². The van der Waals surface area contributed by atoms with Gasteiger partial charge in [-0.05, 0) is 46.6 Å². The second kappa shape index (κ2) is 7.30. The number of carbonyl (C=O) groups excluding carboxylic acids is 1. The SMILES string of the molecule is C=CCN1C(=O)/C(=C/c2cc(Br)c(O)c(OCC)c2)SC1=S. The Balaban J connectivity index is 2.35. The molecule has 0 radical (unpaired) electrons. The van der Waals surface area contributed by atoms with Crippen LogP contribution in [0.15, 0.2) is 34.2 Å². The lowest BCUT2D eigenvalue weighted by atomic mass is 10.2. The summed E-state index contributed by atoms with van der Waals surface area (Å²) in [5.74, 6) is 0.264. The van der Waals surface area contributed by atoms with Crippen molar-refractivity contribution >= 4 is 56.2 Å². The standard InChI is InChI=1S/C15H14BrNO3S2/c1-3-5-17-14(19)12(22-15(17)21)8-9-6-10(16)13(18)11(7-9)20-4-2/h3,6-8,18H,1,4-5H2,2H3/b12-8-. The maximum absolute atomic E-state index is 12.3. The van der Waals surface area contributed by atoms with Gasteiger partial charge in [0.25, 0.3) is 5.91 Å². The highest BCUT2D eigenvalue weighted by atomic mass is 79.9. The van der Waals surface area contributed by atoms with Crippen LogP contribution in [-0.4, -0.2) is 33.4 Å². The number of hydrogen-bond acceptors (Lipinski definition) is 5. The molecule has 0 bridgehead atoms. The lowest BCUT2D eigenvalue weighted by Gasteiger charge is -2.10. The molecule has 1 saturated heterocycles. The molecule has 1 fully saturated rings. The molecule has 4 nitrogen and oxygen atoms in total. The Labute approximate surface area is 147 Å². The van der Waals surface area contributed by atoms with E-state index in [-0.39, 0.29) is 11.7 Å². The van der Waals surface area contributed by atoms with E-state index in [1.807, 2.05) is 6.92 Å². The van der Waals surface area contributed by atoms with Gasteiger partial charge in [0.15, 0.2) is 11.5 Å². The second-order valence-electron chi connectivity index (χ2n) is 4.36. The predicted octanol–water partition coefficient (Wildman–Crippen LogP) is 3.94. The quantitative estimate of drug-likeness (QED) is 0.461. The molecule has 1 aliphatic rings. The third kappa shape index (κ3) is 3.53. The van der Waals surface area contributed by atoms with Crippen LogP contribution in [0.25, 0.3) is 6.08 Å². The summed E-state index contributed by atoms with van der Waals surface area (Å²) in [4.78, 5) is 14.3. The van der Waals surface area contributed by atoms with E-state index in [1.54, 1.807) is 24.3 Å². The van der Waals surface area contributed by atoms with Crippen LogP contribution in [0, 0.1) is 0 Å². The number of nitrogens with zero attached hydrogens (tertiary/aromatic N) is 1. The lowest BCUT2D eigenvalue weighted by Crippen LogP contribution is -2.27. The van der Waals surface area contributed by atoms with Crippen molar-refractivity contribution in [2.75, 3.05) is 13.2 Å². The predicted molar refractivity (Wildman–Crippen MR) is 97.1 cm³/mol. The number of benzene rings is 1. The van der Waals surface area contributed by atoms with Crippen molar-refractivity contribution in [1.29, 1.82) is 0 Å². The summed E-state index contributed by atoms with van der Waals surface area (Å²) in [6.07, 6.45) is 3.37. The molecule has 116 valence electrons. The van der Waals surface area contributed by atoms with E-state index in [2.05, 4.69) is 22.5 Å². The van der Waals surface area contributed by atoms with Gasteiger partial charge >= 0.3 is 0 Å². The van der Waals surface area contributed by atoms with Gasteiger partial charge in [-0.1, -0.05) is 30.1 Å². The molecule has 1 aromatic rings. The number of hydrogen-bond donors (Lipinski definition) is 1. The van der Waals surface area contributed by atoms with E-state index in [4.69, 9.17) is 17.0 Å². The van der Waals surface area contributed by atoms with Gasteiger partial charge in [-0.15, -0.1) is 6.58 Å². The van der Waals surface area contributed by atoms with E-state index in [9.17, 15) is 9.90 Å². The van der Waals surface area contributed by atoms with Gasteiger partial charge in [0.2, 0.25) is 0 Å². The highest BCUT2D eigenvalue weighted by Crippen LogP contribution is 2.38. The van der Waals surface area contributed by atoms with E-state index >= 15 is 0 Å². The van der Waals surface area contributed by atoms with Crippen molar-refractivity contribution in [1.82, 2.24) is 4.90 Å². The topological polar surface area (TPSA) is 49.8 Å². The van der Waals surface area contributed by atoms with Crippen LogP contribution in [-0.2, 0) is 4.79 Å². The fourth-order valence-electron chi connectivity index (χ4n) is 1.88. The Kier molecular flexibility index (Phi) is 5.66. The smallest absolute Gasteiger partial charge is 0.266 e. The Hall–Kier alpha value is -1.31. The molecule has 1 aromatic carbocycles. The first kappa shape index (κ1) is 17.1. The molecule has 22 heavy (non-hydrogen) atoms. The van der Waals surface area contributed by atoms with E-state index in [1.165, 1.54) is 16.7 Å². The molecule has 0 spiro atoms. The monoisotopic (exact) mass is 399 g/mol. The first-order valence-corrected chi connectivity index (χ1v) is 8.51. The number of phenolic OH excluding ortho intramolecular Hbond substituents is 1.